The number of benzene rings is 1. The van der Waals surface area contributed by atoms with E-state index in [2.05, 4.69) is 19.1 Å². The highest BCUT2D eigenvalue weighted by molar-refractivity contribution is 5.88. The summed E-state index contributed by atoms with van der Waals surface area (Å²) in [5.41, 5.74) is 4.37. The SMILES string of the molecule is Cc1ccc2c(c1/C=C/C(=O)OC(C)(C)C)CCCOC2. The summed E-state index contributed by atoms with van der Waals surface area (Å²) < 4.78 is 10.9. The van der Waals surface area contributed by atoms with Gasteiger partial charge in [0.2, 0.25) is 0 Å². The third-order valence-corrected chi connectivity index (χ3v) is 3.44. The number of rotatable bonds is 2. The molecule has 0 aliphatic carbocycles. The van der Waals surface area contributed by atoms with Crippen molar-refractivity contribution in [3.05, 3.63) is 40.5 Å². The highest BCUT2D eigenvalue weighted by atomic mass is 16.6. The van der Waals surface area contributed by atoms with Crippen LogP contribution in [0.4, 0.5) is 0 Å². The summed E-state index contributed by atoms with van der Waals surface area (Å²) in [6, 6.07) is 4.21. The van der Waals surface area contributed by atoms with Gasteiger partial charge in [-0.3, -0.25) is 0 Å². The molecular formula is C18H24O3. The van der Waals surface area contributed by atoms with Crippen molar-refractivity contribution in [3.8, 4) is 0 Å². The largest absolute Gasteiger partial charge is 0.457 e. The van der Waals surface area contributed by atoms with E-state index in [4.69, 9.17) is 9.47 Å². The number of ether oxygens (including phenoxy) is 2. The van der Waals surface area contributed by atoms with Gasteiger partial charge in [-0.25, -0.2) is 4.79 Å². The Kier molecular flexibility index (Phi) is 4.84. The molecule has 3 nitrogen and oxygen atoms in total. The molecule has 0 saturated heterocycles. The molecule has 1 aromatic carbocycles. The number of hydrogen-bond donors (Lipinski definition) is 0. The van der Waals surface area contributed by atoms with Crippen LogP contribution in [-0.2, 0) is 27.3 Å². The Morgan fingerprint density at radius 3 is 2.81 bits per heavy atom. The van der Waals surface area contributed by atoms with Crippen LogP contribution in [0.5, 0.6) is 0 Å². The van der Waals surface area contributed by atoms with Gasteiger partial charge >= 0.3 is 5.97 Å². The molecule has 2 rings (SSSR count). The minimum atomic E-state index is -0.460. The summed E-state index contributed by atoms with van der Waals surface area (Å²) in [4.78, 5) is 11.8. The lowest BCUT2D eigenvalue weighted by Gasteiger charge is -2.18. The highest BCUT2D eigenvalue weighted by Gasteiger charge is 2.15. The monoisotopic (exact) mass is 288 g/mol. The molecule has 1 aliphatic heterocycles. The summed E-state index contributed by atoms with van der Waals surface area (Å²) in [5, 5.41) is 0. The normalized spacial score (nSPS) is 15.6. The maximum Gasteiger partial charge on any atom is 0.331 e. The van der Waals surface area contributed by atoms with Gasteiger partial charge in [0.25, 0.3) is 0 Å². The van der Waals surface area contributed by atoms with Gasteiger partial charge in [-0.05, 0) is 68.9 Å². The second kappa shape index (κ2) is 6.44. The summed E-state index contributed by atoms with van der Waals surface area (Å²) in [6.07, 6.45) is 5.42. The molecule has 21 heavy (non-hydrogen) atoms. The van der Waals surface area contributed by atoms with Crippen LogP contribution in [0.3, 0.4) is 0 Å². The molecule has 1 aliphatic rings. The van der Waals surface area contributed by atoms with Gasteiger partial charge in [0.1, 0.15) is 5.60 Å². The topological polar surface area (TPSA) is 35.5 Å². The van der Waals surface area contributed by atoms with Gasteiger partial charge in [-0.1, -0.05) is 12.1 Å². The predicted molar refractivity (Wildman–Crippen MR) is 84.0 cm³/mol. The molecule has 114 valence electrons. The Morgan fingerprint density at radius 2 is 2.10 bits per heavy atom. The molecule has 0 unspecified atom stereocenters. The van der Waals surface area contributed by atoms with Gasteiger partial charge in [-0.2, -0.15) is 0 Å². The molecule has 0 atom stereocenters. The van der Waals surface area contributed by atoms with Gasteiger partial charge in [0.15, 0.2) is 0 Å². The average molecular weight is 288 g/mol. The first-order valence-corrected chi connectivity index (χ1v) is 7.47. The van der Waals surface area contributed by atoms with Crippen molar-refractivity contribution < 1.29 is 14.3 Å². The Hall–Kier alpha value is -1.61. The first-order chi connectivity index (χ1) is 9.87. The summed E-state index contributed by atoms with van der Waals surface area (Å²) in [7, 11) is 0. The molecule has 0 saturated carbocycles. The second-order valence-corrected chi connectivity index (χ2v) is 6.46. The average Bonchev–Trinajstić information content (AvgIpc) is 2.60. The standard InChI is InChI=1S/C18H24O3/c1-13-7-8-14-12-20-11-5-6-16(14)15(13)9-10-17(19)21-18(2,3)4/h7-10H,5-6,11-12H2,1-4H3/b10-9+. The maximum absolute atomic E-state index is 11.8. The van der Waals surface area contributed by atoms with E-state index >= 15 is 0 Å². The van der Waals surface area contributed by atoms with Crippen molar-refractivity contribution in [3.63, 3.8) is 0 Å². The molecule has 0 radical (unpaired) electrons. The van der Waals surface area contributed by atoms with Crippen LogP contribution in [0.15, 0.2) is 18.2 Å². The zero-order valence-corrected chi connectivity index (χ0v) is 13.4. The number of fused-ring (bicyclic) bond motifs is 1. The van der Waals surface area contributed by atoms with Crippen LogP contribution in [0.1, 0.15) is 49.4 Å². The van der Waals surface area contributed by atoms with Crippen molar-refractivity contribution in [1.82, 2.24) is 0 Å². The molecule has 3 heteroatoms. The van der Waals surface area contributed by atoms with Crippen LogP contribution in [0, 0.1) is 6.92 Å². The number of carbonyl (C=O) groups excluding carboxylic acids is 1. The van der Waals surface area contributed by atoms with Gasteiger partial charge in [-0.15, -0.1) is 0 Å². The zero-order valence-electron chi connectivity index (χ0n) is 13.4. The molecule has 0 fully saturated rings. The van der Waals surface area contributed by atoms with E-state index in [1.807, 2.05) is 26.8 Å². The minimum Gasteiger partial charge on any atom is -0.457 e. The Balaban J connectivity index is 2.25. The van der Waals surface area contributed by atoms with E-state index in [0.29, 0.717) is 6.61 Å². The van der Waals surface area contributed by atoms with Crippen molar-refractivity contribution in [1.29, 1.82) is 0 Å². The minimum absolute atomic E-state index is 0.302. The van der Waals surface area contributed by atoms with E-state index in [-0.39, 0.29) is 5.97 Å². The number of aryl methyl sites for hydroxylation is 1. The van der Waals surface area contributed by atoms with Crippen molar-refractivity contribution in [2.75, 3.05) is 6.61 Å². The number of esters is 1. The quantitative estimate of drug-likeness (QED) is 0.613. The van der Waals surface area contributed by atoms with Crippen molar-refractivity contribution >= 4 is 12.0 Å². The molecule has 1 aromatic rings. The summed E-state index contributed by atoms with van der Waals surface area (Å²) >= 11 is 0. The van der Waals surface area contributed by atoms with Crippen molar-refractivity contribution in [2.45, 2.75) is 52.7 Å². The maximum atomic E-state index is 11.8. The fraction of sp³-hybridized carbons (Fsp3) is 0.500. The molecule has 1 heterocycles. The van der Waals surface area contributed by atoms with Crippen molar-refractivity contribution in [2.24, 2.45) is 0 Å². The molecule has 0 spiro atoms. The van der Waals surface area contributed by atoms with E-state index in [9.17, 15) is 4.79 Å². The number of hydrogen-bond acceptors (Lipinski definition) is 3. The molecule has 0 bridgehead atoms. The molecular weight excluding hydrogens is 264 g/mol. The Bertz CT molecular complexity index is 550. The van der Waals surface area contributed by atoms with E-state index in [1.165, 1.54) is 22.8 Å². The van der Waals surface area contributed by atoms with Crippen LogP contribution in [0.25, 0.3) is 6.08 Å². The summed E-state index contributed by atoms with van der Waals surface area (Å²) in [6.45, 7) is 9.13. The molecule has 0 aromatic heterocycles. The van der Waals surface area contributed by atoms with Crippen LogP contribution in [0.2, 0.25) is 0 Å². The highest BCUT2D eigenvalue weighted by Crippen LogP contribution is 2.25. The van der Waals surface area contributed by atoms with Gasteiger partial charge in [0, 0.05) is 12.7 Å². The second-order valence-electron chi connectivity index (χ2n) is 6.46. The van der Waals surface area contributed by atoms with Crippen LogP contribution in [-0.4, -0.2) is 18.2 Å². The lowest BCUT2D eigenvalue weighted by atomic mass is 9.94. The fourth-order valence-electron chi connectivity index (χ4n) is 2.51. The number of carbonyl (C=O) groups is 1. The third kappa shape index (κ3) is 4.43. The predicted octanol–water partition coefficient (Wildman–Crippen LogP) is 3.81. The van der Waals surface area contributed by atoms with Gasteiger partial charge < -0.3 is 9.47 Å². The lowest BCUT2D eigenvalue weighted by Crippen LogP contribution is -2.22. The fourth-order valence-corrected chi connectivity index (χ4v) is 2.51. The van der Waals surface area contributed by atoms with Gasteiger partial charge in [0.05, 0.1) is 6.61 Å². The van der Waals surface area contributed by atoms with Crippen LogP contribution >= 0.6 is 0 Å². The first kappa shape index (κ1) is 15.8. The zero-order chi connectivity index (χ0) is 15.5. The Labute approximate surface area is 127 Å². The van der Waals surface area contributed by atoms with E-state index in [0.717, 1.165) is 25.0 Å². The third-order valence-electron chi connectivity index (χ3n) is 3.44. The molecule has 0 N–H and O–H groups in total. The smallest absolute Gasteiger partial charge is 0.331 e. The lowest BCUT2D eigenvalue weighted by molar-refractivity contribution is -0.148. The summed E-state index contributed by atoms with van der Waals surface area (Å²) in [5.74, 6) is -0.302. The Morgan fingerprint density at radius 1 is 1.33 bits per heavy atom. The van der Waals surface area contributed by atoms with E-state index < -0.39 is 5.60 Å². The molecule has 0 amide bonds. The van der Waals surface area contributed by atoms with E-state index in [1.54, 1.807) is 0 Å². The van der Waals surface area contributed by atoms with Crippen LogP contribution < -0.4 is 0 Å². The first-order valence-electron chi connectivity index (χ1n) is 7.47.